The molecule has 0 atom stereocenters. The van der Waals surface area contributed by atoms with Gasteiger partial charge in [0.25, 0.3) is 11.5 Å². The second kappa shape index (κ2) is 8.05. The molecule has 1 aliphatic rings. The summed E-state index contributed by atoms with van der Waals surface area (Å²) in [5.41, 5.74) is 1.52. The summed E-state index contributed by atoms with van der Waals surface area (Å²) in [5.74, 6) is -0.308. The zero-order valence-corrected chi connectivity index (χ0v) is 16.0. The van der Waals surface area contributed by atoms with Crippen LogP contribution in [-0.2, 0) is 0 Å². The first-order valence-electron chi connectivity index (χ1n) is 9.59. The number of hydrogen-bond donors (Lipinski definition) is 1. The molecule has 140 valence electrons. The van der Waals surface area contributed by atoms with Gasteiger partial charge in [-0.3, -0.25) is 14.0 Å². The molecule has 1 aromatic carbocycles. The maximum atomic E-state index is 13.1. The average Bonchev–Trinajstić information content (AvgIpc) is 3.10. The van der Waals surface area contributed by atoms with E-state index in [0.29, 0.717) is 4.96 Å². The smallest absolute Gasteiger partial charge is 0.271 e. The molecule has 1 fully saturated rings. The molecule has 0 radical (unpaired) electrons. The highest BCUT2D eigenvalue weighted by atomic mass is 32.1. The van der Waals surface area contributed by atoms with E-state index < -0.39 is 0 Å². The number of nitrogens with one attached hydrogen (secondary N) is 1. The van der Waals surface area contributed by atoms with Crippen molar-refractivity contribution in [1.29, 1.82) is 0 Å². The predicted molar refractivity (Wildman–Crippen MR) is 108 cm³/mol. The molecule has 1 saturated carbocycles. The van der Waals surface area contributed by atoms with Crippen LogP contribution in [0.5, 0.6) is 0 Å². The molecule has 27 heavy (non-hydrogen) atoms. The van der Waals surface area contributed by atoms with Gasteiger partial charge in [0.05, 0.1) is 5.69 Å². The van der Waals surface area contributed by atoms with E-state index in [1.165, 1.54) is 36.8 Å². The van der Waals surface area contributed by atoms with Gasteiger partial charge in [0.1, 0.15) is 5.56 Å². The van der Waals surface area contributed by atoms with Crippen molar-refractivity contribution in [2.75, 3.05) is 0 Å². The van der Waals surface area contributed by atoms with Crippen molar-refractivity contribution in [3.8, 4) is 11.3 Å². The van der Waals surface area contributed by atoms with Crippen LogP contribution in [-0.4, -0.2) is 21.3 Å². The van der Waals surface area contributed by atoms with E-state index in [0.717, 1.165) is 36.9 Å². The van der Waals surface area contributed by atoms with Crippen molar-refractivity contribution in [1.82, 2.24) is 14.7 Å². The third-order valence-electron chi connectivity index (χ3n) is 5.20. The van der Waals surface area contributed by atoms with Crippen LogP contribution in [0.4, 0.5) is 0 Å². The molecule has 2 heterocycles. The van der Waals surface area contributed by atoms with Crippen LogP contribution in [0.2, 0.25) is 0 Å². The second-order valence-corrected chi connectivity index (χ2v) is 7.93. The Hall–Kier alpha value is -2.47. The molecule has 0 spiro atoms. The lowest BCUT2D eigenvalue weighted by molar-refractivity contribution is 0.0928. The quantitative estimate of drug-likeness (QED) is 0.737. The number of carbonyl (C=O) groups excluding carboxylic acids is 1. The number of rotatable bonds is 3. The highest BCUT2D eigenvalue weighted by Crippen LogP contribution is 2.23. The molecule has 0 bridgehead atoms. The Morgan fingerprint density at radius 3 is 2.52 bits per heavy atom. The maximum Gasteiger partial charge on any atom is 0.271 e. The van der Waals surface area contributed by atoms with Crippen LogP contribution in [0.3, 0.4) is 0 Å². The van der Waals surface area contributed by atoms with E-state index in [2.05, 4.69) is 10.3 Å². The first kappa shape index (κ1) is 17.9. The maximum absolute atomic E-state index is 13.1. The third kappa shape index (κ3) is 3.81. The molecule has 1 aliphatic carbocycles. The Morgan fingerprint density at radius 2 is 1.78 bits per heavy atom. The van der Waals surface area contributed by atoms with E-state index in [1.807, 2.05) is 35.7 Å². The Kier molecular flexibility index (Phi) is 5.34. The van der Waals surface area contributed by atoms with Crippen LogP contribution < -0.4 is 10.9 Å². The van der Waals surface area contributed by atoms with E-state index in [4.69, 9.17) is 0 Å². The van der Waals surface area contributed by atoms with E-state index in [-0.39, 0.29) is 23.1 Å². The highest BCUT2D eigenvalue weighted by Gasteiger charge is 2.20. The molecule has 2 aromatic heterocycles. The number of nitrogens with zero attached hydrogens (tertiary/aromatic N) is 2. The Morgan fingerprint density at radius 1 is 1.07 bits per heavy atom. The molecule has 1 amide bonds. The van der Waals surface area contributed by atoms with Crippen molar-refractivity contribution in [2.24, 2.45) is 0 Å². The molecule has 1 N–H and O–H groups in total. The van der Waals surface area contributed by atoms with Gasteiger partial charge in [0.2, 0.25) is 0 Å². The third-order valence-corrected chi connectivity index (χ3v) is 6.04. The van der Waals surface area contributed by atoms with Gasteiger partial charge in [0.15, 0.2) is 4.96 Å². The lowest BCUT2D eigenvalue weighted by Gasteiger charge is -2.20. The summed E-state index contributed by atoms with van der Waals surface area (Å²) in [6, 6.07) is 9.86. The van der Waals surface area contributed by atoms with Gasteiger partial charge in [-0.15, -0.1) is 11.3 Å². The molecule has 5 nitrogen and oxygen atoms in total. The standard InChI is InChI=1S/C21H23N3O2S/c25-19(23-16-11-7-2-1-3-8-12-16)17-13-22-21-24(20(17)26)18(14-27-21)15-9-5-4-6-10-15/h4-6,9-10,13-14,16H,1-3,7-8,11-12H2,(H,23,25). The normalized spacial score (nSPS) is 16.0. The molecule has 6 heteroatoms. The van der Waals surface area contributed by atoms with Crippen LogP contribution in [0.1, 0.15) is 55.3 Å². The first-order chi connectivity index (χ1) is 13.2. The Labute approximate surface area is 162 Å². The lowest BCUT2D eigenvalue weighted by Crippen LogP contribution is -2.38. The van der Waals surface area contributed by atoms with Gasteiger partial charge in [-0.1, -0.05) is 62.4 Å². The summed E-state index contributed by atoms with van der Waals surface area (Å²) >= 11 is 1.40. The Balaban J connectivity index is 1.65. The first-order valence-corrected chi connectivity index (χ1v) is 10.5. The summed E-state index contributed by atoms with van der Waals surface area (Å²) in [4.78, 5) is 30.8. The zero-order chi connectivity index (χ0) is 18.6. The number of thiazole rings is 1. The van der Waals surface area contributed by atoms with Crippen LogP contribution in [0.25, 0.3) is 16.2 Å². The predicted octanol–water partition coefficient (Wildman–Crippen LogP) is 4.27. The number of hydrogen-bond acceptors (Lipinski definition) is 4. The van der Waals surface area contributed by atoms with E-state index in [9.17, 15) is 9.59 Å². The summed E-state index contributed by atoms with van der Waals surface area (Å²) in [7, 11) is 0. The molecule has 0 unspecified atom stereocenters. The number of amides is 1. The van der Waals surface area contributed by atoms with E-state index >= 15 is 0 Å². The molecule has 0 saturated heterocycles. The Bertz CT molecular complexity index is 986. The van der Waals surface area contributed by atoms with Crippen molar-refractivity contribution < 1.29 is 4.79 Å². The molecule has 4 rings (SSSR count). The van der Waals surface area contributed by atoms with Gasteiger partial charge < -0.3 is 5.32 Å². The fourth-order valence-electron chi connectivity index (χ4n) is 3.72. The van der Waals surface area contributed by atoms with Crippen LogP contribution in [0.15, 0.2) is 46.7 Å². The number of benzene rings is 1. The monoisotopic (exact) mass is 381 g/mol. The molecule has 0 aliphatic heterocycles. The number of aromatic nitrogens is 2. The second-order valence-electron chi connectivity index (χ2n) is 7.10. The van der Waals surface area contributed by atoms with Crippen molar-refractivity contribution in [2.45, 2.75) is 51.0 Å². The fourth-order valence-corrected chi connectivity index (χ4v) is 4.58. The van der Waals surface area contributed by atoms with Crippen molar-refractivity contribution in [3.05, 3.63) is 57.8 Å². The number of fused-ring (bicyclic) bond motifs is 1. The topological polar surface area (TPSA) is 63.5 Å². The SMILES string of the molecule is O=C(NC1CCCCCCC1)c1cnc2scc(-c3ccccc3)n2c1=O. The van der Waals surface area contributed by atoms with Crippen LogP contribution in [0, 0.1) is 0 Å². The summed E-state index contributed by atoms with van der Waals surface area (Å²) in [6.45, 7) is 0. The molecule has 3 aromatic rings. The summed E-state index contributed by atoms with van der Waals surface area (Å²) < 4.78 is 1.55. The molecular formula is C21H23N3O2S. The molecular weight excluding hydrogens is 358 g/mol. The zero-order valence-electron chi connectivity index (χ0n) is 15.2. The minimum atomic E-state index is -0.308. The van der Waals surface area contributed by atoms with Gasteiger partial charge in [0, 0.05) is 17.6 Å². The summed E-state index contributed by atoms with van der Waals surface area (Å²) in [5, 5.41) is 4.98. The minimum Gasteiger partial charge on any atom is -0.349 e. The fraction of sp³-hybridized carbons (Fsp3) is 0.381. The largest absolute Gasteiger partial charge is 0.349 e. The van der Waals surface area contributed by atoms with Crippen LogP contribution >= 0.6 is 11.3 Å². The van der Waals surface area contributed by atoms with E-state index in [1.54, 1.807) is 4.40 Å². The van der Waals surface area contributed by atoms with Crippen molar-refractivity contribution >= 4 is 22.2 Å². The minimum absolute atomic E-state index is 0.116. The average molecular weight is 382 g/mol. The highest BCUT2D eigenvalue weighted by molar-refractivity contribution is 7.15. The van der Waals surface area contributed by atoms with Gasteiger partial charge in [-0.25, -0.2) is 4.98 Å². The van der Waals surface area contributed by atoms with Crippen molar-refractivity contribution in [3.63, 3.8) is 0 Å². The van der Waals surface area contributed by atoms with Gasteiger partial charge >= 0.3 is 0 Å². The van der Waals surface area contributed by atoms with Gasteiger partial charge in [-0.05, 0) is 18.4 Å². The summed E-state index contributed by atoms with van der Waals surface area (Å²) in [6.07, 6.45) is 9.36. The lowest BCUT2D eigenvalue weighted by atomic mass is 9.96. The number of carbonyl (C=O) groups is 1. The van der Waals surface area contributed by atoms with Gasteiger partial charge in [-0.2, -0.15) is 0 Å².